The number of aryl methyl sites for hydroxylation is 1. The molecule has 2 rings (SSSR count). The molecule has 2 nitrogen and oxygen atoms in total. The van der Waals surface area contributed by atoms with E-state index in [1.54, 1.807) is 7.11 Å². The minimum Gasteiger partial charge on any atom is -0.495 e. The van der Waals surface area contributed by atoms with Gasteiger partial charge in [0.05, 0.1) is 12.8 Å². The molecule has 1 aliphatic carbocycles. The van der Waals surface area contributed by atoms with Crippen LogP contribution in [0.25, 0.3) is 0 Å². The molecule has 1 aliphatic rings. The highest BCUT2D eigenvalue weighted by Crippen LogP contribution is 2.39. The maximum absolute atomic E-state index is 5.46. The van der Waals surface area contributed by atoms with Crippen molar-refractivity contribution in [1.82, 2.24) is 0 Å². The van der Waals surface area contributed by atoms with E-state index in [0.717, 1.165) is 27.7 Å². The molecule has 1 fully saturated rings. The highest BCUT2D eigenvalue weighted by Gasteiger charge is 2.31. The average molecular weight is 312 g/mol. The lowest BCUT2D eigenvalue weighted by atomic mass is 9.73. The normalized spacial score (nSPS) is 22.8. The van der Waals surface area contributed by atoms with Crippen LogP contribution < -0.4 is 10.1 Å². The van der Waals surface area contributed by atoms with Gasteiger partial charge in [-0.15, -0.1) is 0 Å². The van der Waals surface area contributed by atoms with Crippen molar-refractivity contribution in [1.29, 1.82) is 0 Å². The van der Waals surface area contributed by atoms with Gasteiger partial charge in [-0.3, -0.25) is 0 Å². The second-order valence-corrected chi connectivity index (χ2v) is 6.53. The SMILES string of the molecule is COc1cc(Br)cc(C)c1NC1CC(C(C)C)C1. The van der Waals surface area contributed by atoms with Gasteiger partial charge in [-0.25, -0.2) is 0 Å². The Morgan fingerprint density at radius 3 is 2.56 bits per heavy atom. The van der Waals surface area contributed by atoms with Gasteiger partial charge in [0, 0.05) is 10.5 Å². The van der Waals surface area contributed by atoms with Crippen LogP contribution in [0.3, 0.4) is 0 Å². The molecule has 100 valence electrons. The van der Waals surface area contributed by atoms with Crippen LogP contribution in [0, 0.1) is 18.8 Å². The van der Waals surface area contributed by atoms with Gasteiger partial charge in [0.25, 0.3) is 0 Å². The Balaban J connectivity index is 2.06. The summed E-state index contributed by atoms with van der Waals surface area (Å²) < 4.78 is 6.52. The molecule has 0 amide bonds. The summed E-state index contributed by atoms with van der Waals surface area (Å²) in [4.78, 5) is 0. The number of methoxy groups -OCH3 is 1. The summed E-state index contributed by atoms with van der Waals surface area (Å²) in [5.74, 6) is 2.61. The van der Waals surface area contributed by atoms with Crippen LogP contribution in [0.4, 0.5) is 5.69 Å². The standard InChI is InChI=1S/C15H22BrNO/c1-9(2)11-6-13(7-11)17-15-10(3)5-12(16)8-14(15)18-4/h5,8-9,11,13,17H,6-7H2,1-4H3. The summed E-state index contributed by atoms with van der Waals surface area (Å²) >= 11 is 3.51. The number of hydrogen-bond acceptors (Lipinski definition) is 2. The number of ether oxygens (including phenoxy) is 1. The summed E-state index contributed by atoms with van der Waals surface area (Å²) in [6, 6.07) is 4.75. The summed E-state index contributed by atoms with van der Waals surface area (Å²) in [6.45, 7) is 6.74. The van der Waals surface area contributed by atoms with Crippen molar-refractivity contribution in [2.75, 3.05) is 12.4 Å². The van der Waals surface area contributed by atoms with Gasteiger partial charge >= 0.3 is 0 Å². The quantitative estimate of drug-likeness (QED) is 0.876. The van der Waals surface area contributed by atoms with Crippen molar-refractivity contribution in [3.8, 4) is 5.75 Å². The van der Waals surface area contributed by atoms with E-state index in [1.165, 1.54) is 18.4 Å². The molecule has 0 radical (unpaired) electrons. The average Bonchev–Trinajstić information content (AvgIpc) is 2.23. The maximum atomic E-state index is 5.46. The smallest absolute Gasteiger partial charge is 0.143 e. The third kappa shape index (κ3) is 2.82. The number of halogens is 1. The zero-order chi connectivity index (χ0) is 13.3. The van der Waals surface area contributed by atoms with Crippen molar-refractivity contribution in [2.45, 2.75) is 39.7 Å². The van der Waals surface area contributed by atoms with Crippen LogP contribution in [-0.2, 0) is 0 Å². The van der Waals surface area contributed by atoms with Crippen molar-refractivity contribution >= 4 is 21.6 Å². The van der Waals surface area contributed by atoms with Crippen molar-refractivity contribution in [3.05, 3.63) is 22.2 Å². The largest absolute Gasteiger partial charge is 0.495 e. The topological polar surface area (TPSA) is 21.3 Å². The molecular weight excluding hydrogens is 290 g/mol. The van der Waals surface area contributed by atoms with E-state index in [0.29, 0.717) is 6.04 Å². The molecule has 0 atom stereocenters. The van der Waals surface area contributed by atoms with Gasteiger partial charge in [0.15, 0.2) is 0 Å². The fourth-order valence-electron chi connectivity index (χ4n) is 2.59. The molecule has 3 heteroatoms. The van der Waals surface area contributed by atoms with Crippen LogP contribution in [-0.4, -0.2) is 13.2 Å². The van der Waals surface area contributed by atoms with Crippen LogP contribution in [0.5, 0.6) is 5.75 Å². The summed E-state index contributed by atoms with van der Waals surface area (Å²) in [5, 5.41) is 3.63. The van der Waals surface area contributed by atoms with E-state index >= 15 is 0 Å². The Hall–Kier alpha value is -0.700. The van der Waals surface area contributed by atoms with E-state index < -0.39 is 0 Å². The predicted octanol–water partition coefficient (Wildman–Crippen LogP) is 4.61. The number of hydrogen-bond donors (Lipinski definition) is 1. The first kappa shape index (κ1) is 13.7. The first-order valence-corrected chi connectivity index (χ1v) is 7.41. The number of benzene rings is 1. The Bertz CT molecular complexity index is 425. The second-order valence-electron chi connectivity index (χ2n) is 5.62. The van der Waals surface area contributed by atoms with E-state index in [9.17, 15) is 0 Å². The molecule has 0 saturated heterocycles. The third-order valence-corrected chi connectivity index (χ3v) is 4.41. The summed E-state index contributed by atoms with van der Waals surface area (Å²) in [6.07, 6.45) is 2.55. The van der Waals surface area contributed by atoms with E-state index in [1.807, 2.05) is 6.07 Å². The lowest BCUT2D eigenvalue weighted by molar-refractivity contribution is 0.211. The fraction of sp³-hybridized carbons (Fsp3) is 0.600. The van der Waals surface area contributed by atoms with Crippen LogP contribution in [0.15, 0.2) is 16.6 Å². The minimum atomic E-state index is 0.603. The lowest BCUT2D eigenvalue weighted by Gasteiger charge is -2.39. The highest BCUT2D eigenvalue weighted by atomic mass is 79.9. The van der Waals surface area contributed by atoms with Gasteiger partial charge in [-0.05, 0) is 49.3 Å². The van der Waals surface area contributed by atoms with Gasteiger partial charge in [-0.2, -0.15) is 0 Å². The van der Waals surface area contributed by atoms with Crippen molar-refractivity contribution in [3.63, 3.8) is 0 Å². The Morgan fingerprint density at radius 1 is 1.33 bits per heavy atom. The molecule has 0 spiro atoms. The Labute approximate surface area is 118 Å². The molecule has 0 aliphatic heterocycles. The molecule has 1 saturated carbocycles. The molecule has 18 heavy (non-hydrogen) atoms. The van der Waals surface area contributed by atoms with Gasteiger partial charge in [0.2, 0.25) is 0 Å². The lowest BCUT2D eigenvalue weighted by Crippen LogP contribution is -2.38. The number of nitrogens with one attached hydrogen (secondary N) is 1. The van der Waals surface area contributed by atoms with E-state index in [-0.39, 0.29) is 0 Å². The van der Waals surface area contributed by atoms with Gasteiger partial charge in [-0.1, -0.05) is 29.8 Å². The number of anilines is 1. The minimum absolute atomic E-state index is 0.603. The van der Waals surface area contributed by atoms with Crippen molar-refractivity contribution in [2.24, 2.45) is 11.8 Å². The highest BCUT2D eigenvalue weighted by molar-refractivity contribution is 9.10. The molecule has 0 bridgehead atoms. The predicted molar refractivity (Wildman–Crippen MR) is 80.4 cm³/mol. The van der Waals surface area contributed by atoms with Crippen LogP contribution >= 0.6 is 15.9 Å². The monoisotopic (exact) mass is 311 g/mol. The molecule has 0 aromatic heterocycles. The van der Waals surface area contributed by atoms with Crippen molar-refractivity contribution < 1.29 is 4.74 Å². The Kier molecular flexibility index (Phi) is 4.21. The summed E-state index contributed by atoms with van der Waals surface area (Å²) in [7, 11) is 1.73. The fourth-order valence-corrected chi connectivity index (χ4v) is 3.14. The van der Waals surface area contributed by atoms with Crippen LogP contribution in [0.2, 0.25) is 0 Å². The third-order valence-electron chi connectivity index (χ3n) is 3.95. The molecule has 1 aromatic rings. The van der Waals surface area contributed by atoms with E-state index in [2.05, 4.69) is 48.1 Å². The van der Waals surface area contributed by atoms with Gasteiger partial charge in [0.1, 0.15) is 5.75 Å². The second kappa shape index (κ2) is 5.52. The first-order valence-electron chi connectivity index (χ1n) is 6.62. The van der Waals surface area contributed by atoms with Gasteiger partial charge < -0.3 is 10.1 Å². The first-order chi connectivity index (χ1) is 8.51. The molecule has 1 aromatic carbocycles. The Morgan fingerprint density at radius 2 is 2.00 bits per heavy atom. The molecule has 0 unspecified atom stereocenters. The zero-order valence-corrected chi connectivity index (χ0v) is 13.2. The number of rotatable bonds is 4. The molecular formula is C15H22BrNO. The van der Waals surface area contributed by atoms with Crippen LogP contribution in [0.1, 0.15) is 32.3 Å². The van der Waals surface area contributed by atoms with E-state index in [4.69, 9.17) is 4.74 Å². The zero-order valence-electron chi connectivity index (χ0n) is 11.6. The molecule has 0 heterocycles. The maximum Gasteiger partial charge on any atom is 0.143 e. The summed E-state index contributed by atoms with van der Waals surface area (Å²) in [5.41, 5.74) is 2.38. The molecule has 1 N–H and O–H groups in total.